The van der Waals surface area contributed by atoms with E-state index in [1.54, 1.807) is 0 Å². The number of benzene rings is 1. The summed E-state index contributed by atoms with van der Waals surface area (Å²) in [5, 5.41) is 0. The summed E-state index contributed by atoms with van der Waals surface area (Å²) in [5.41, 5.74) is 4.14. The Hall–Kier alpha value is -1.62. The normalized spacial score (nSPS) is 13.7. The highest BCUT2D eigenvalue weighted by atomic mass is 14.8. The summed E-state index contributed by atoms with van der Waals surface area (Å²) >= 11 is 0. The number of nitrogens with zero attached hydrogens (tertiary/aromatic N) is 2. The Balaban J connectivity index is 2.40. The first-order chi connectivity index (χ1) is 6.70. The number of aliphatic imine (C=N–C) groups is 1. The van der Waals surface area contributed by atoms with E-state index in [1.807, 2.05) is 18.2 Å². The molecule has 70 valence electrons. The monoisotopic (exact) mass is 184 g/mol. The van der Waals surface area contributed by atoms with Crippen molar-refractivity contribution in [2.24, 2.45) is 10.9 Å². The lowest BCUT2D eigenvalue weighted by Crippen LogP contribution is -2.06. The van der Waals surface area contributed by atoms with E-state index in [0.717, 1.165) is 12.1 Å². The third-order valence-electron chi connectivity index (χ3n) is 2.50. The molecule has 0 fully saturated rings. The van der Waals surface area contributed by atoms with E-state index < -0.39 is 0 Å². The highest BCUT2D eigenvalue weighted by Gasteiger charge is 2.16. The first-order valence-corrected chi connectivity index (χ1v) is 4.78. The Morgan fingerprint density at radius 2 is 2.21 bits per heavy atom. The van der Waals surface area contributed by atoms with Gasteiger partial charge in [-0.15, -0.1) is 0 Å². The molecule has 14 heavy (non-hydrogen) atoms. The molecule has 0 saturated carbocycles. The second-order valence-corrected chi connectivity index (χ2v) is 3.86. The van der Waals surface area contributed by atoms with E-state index in [0.29, 0.717) is 11.6 Å². The highest BCUT2D eigenvalue weighted by Crippen LogP contribution is 2.32. The molecule has 1 heterocycles. The van der Waals surface area contributed by atoms with E-state index in [4.69, 9.17) is 6.57 Å². The molecule has 0 spiro atoms. The van der Waals surface area contributed by atoms with Gasteiger partial charge in [-0.2, -0.15) is 0 Å². The standard InChI is InChI=1S/C12H12N2/c1-8(2)11-6-9-4-5-10(13-3)7-12(9)14-11/h4-5,7-8H,6H2,1-2H3. The minimum atomic E-state index is 0.499. The van der Waals surface area contributed by atoms with Gasteiger partial charge in [0.2, 0.25) is 0 Å². The largest absolute Gasteiger partial charge is 0.258 e. The molecule has 1 aliphatic rings. The van der Waals surface area contributed by atoms with E-state index in [9.17, 15) is 0 Å². The molecule has 0 N–H and O–H groups in total. The van der Waals surface area contributed by atoms with Crippen molar-refractivity contribution in [3.63, 3.8) is 0 Å². The third-order valence-corrected chi connectivity index (χ3v) is 2.50. The second-order valence-electron chi connectivity index (χ2n) is 3.86. The van der Waals surface area contributed by atoms with Gasteiger partial charge in [-0.25, -0.2) is 4.85 Å². The Labute approximate surface area is 84.1 Å². The van der Waals surface area contributed by atoms with Crippen LogP contribution >= 0.6 is 0 Å². The van der Waals surface area contributed by atoms with Gasteiger partial charge in [0, 0.05) is 12.1 Å². The van der Waals surface area contributed by atoms with Crippen LogP contribution in [0.25, 0.3) is 4.85 Å². The molecular formula is C12H12N2. The minimum absolute atomic E-state index is 0.499. The van der Waals surface area contributed by atoms with Crippen LogP contribution in [-0.2, 0) is 6.42 Å². The van der Waals surface area contributed by atoms with Crippen molar-refractivity contribution in [3.8, 4) is 0 Å². The van der Waals surface area contributed by atoms with E-state index in [1.165, 1.54) is 11.3 Å². The average molecular weight is 184 g/mol. The van der Waals surface area contributed by atoms with Crippen molar-refractivity contribution in [1.82, 2.24) is 0 Å². The zero-order valence-corrected chi connectivity index (χ0v) is 8.41. The van der Waals surface area contributed by atoms with Crippen LogP contribution in [0.5, 0.6) is 0 Å². The molecule has 0 amide bonds. The maximum absolute atomic E-state index is 6.92. The maximum Gasteiger partial charge on any atom is 0.189 e. The molecule has 0 bridgehead atoms. The molecular weight excluding hydrogens is 172 g/mol. The molecule has 2 heteroatoms. The van der Waals surface area contributed by atoms with E-state index in [2.05, 4.69) is 23.7 Å². The summed E-state index contributed by atoms with van der Waals surface area (Å²) in [7, 11) is 0. The van der Waals surface area contributed by atoms with Crippen molar-refractivity contribution in [2.75, 3.05) is 0 Å². The Kier molecular flexibility index (Phi) is 2.09. The molecule has 1 aromatic rings. The van der Waals surface area contributed by atoms with Gasteiger partial charge >= 0.3 is 0 Å². The molecule has 0 radical (unpaired) electrons. The van der Waals surface area contributed by atoms with Gasteiger partial charge in [0.25, 0.3) is 0 Å². The summed E-state index contributed by atoms with van der Waals surface area (Å²) in [4.78, 5) is 7.93. The third kappa shape index (κ3) is 1.42. The van der Waals surface area contributed by atoms with Crippen LogP contribution in [0, 0.1) is 12.5 Å². The topological polar surface area (TPSA) is 16.7 Å². The minimum Gasteiger partial charge on any atom is -0.258 e. The second kappa shape index (κ2) is 3.26. The van der Waals surface area contributed by atoms with Crippen molar-refractivity contribution in [1.29, 1.82) is 0 Å². The lowest BCUT2D eigenvalue weighted by atomic mass is 10.0. The number of fused-ring (bicyclic) bond motifs is 1. The number of rotatable bonds is 1. The van der Waals surface area contributed by atoms with Gasteiger partial charge in [-0.3, -0.25) is 4.99 Å². The van der Waals surface area contributed by atoms with Crippen LogP contribution in [0.15, 0.2) is 23.2 Å². The van der Waals surface area contributed by atoms with Crippen LogP contribution < -0.4 is 0 Å². The Bertz CT molecular complexity index is 436. The highest BCUT2D eigenvalue weighted by molar-refractivity contribution is 5.95. The van der Waals surface area contributed by atoms with Crippen LogP contribution in [0.3, 0.4) is 0 Å². The molecule has 2 rings (SSSR count). The van der Waals surface area contributed by atoms with Gasteiger partial charge in [-0.1, -0.05) is 26.0 Å². The predicted molar refractivity (Wildman–Crippen MR) is 58.3 cm³/mol. The molecule has 0 atom stereocenters. The van der Waals surface area contributed by atoms with Gasteiger partial charge < -0.3 is 0 Å². The molecule has 0 aromatic heterocycles. The van der Waals surface area contributed by atoms with Gasteiger partial charge in [0.05, 0.1) is 12.3 Å². The fourth-order valence-corrected chi connectivity index (χ4v) is 1.60. The summed E-state index contributed by atoms with van der Waals surface area (Å²) in [6.07, 6.45) is 0.950. The molecule has 0 saturated heterocycles. The van der Waals surface area contributed by atoms with Crippen molar-refractivity contribution in [2.45, 2.75) is 20.3 Å². The number of hydrogen-bond acceptors (Lipinski definition) is 1. The predicted octanol–water partition coefficient (Wildman–Crippen LogP) is 3.52. The van der Waals surface area contributed by atoms with Crippen LogP contribution in [0.4, 0.5) is 11.4 Å². The Morgan fingerprint density at radius 1 is 1.43 bits per heavy atom. The summed E-state index contributed by atoms with van der Waals surface area (Å²) in [6.45, 7) is 11.2. The Morgan fingerprint density at radius 3 is 2.86 bits per heavy atom. The fraction of sp³-hybridized carbons (Fsp3) is 0.333. The van der Waals surface area contributed by atoms with E-state index >= 15 is 0 Å². The SMILES string of the molecule is [C-]#[N+]c1ccc2c(c1)N=C(C(C)C)C2. The zero-order chi connectivity index (χ0) is 10.1. The fourth-order valence-electron chi connectivity index (χ4n) is 1.60. The van der Waals surface area contributed by atoms with Crippen LogP contribution in [0.2, 0.25) is 0 Å². The van der Waals surface area contributed by atoms with Crippen molar-refractivity contribution in [3.05, 3.63) is 35.2 Å². The van der Waals surface area contributed by atoms with Crippen molar-refractivity contribution >= 4 is 17.1 Å². The first kappa shape index (κ1) is 8.96. The summed E-state index contributed by atoms with van der Waals surface area (Å²) < 4.78 is 0. The van der Waals surface area contributed by atoms with Gasteiger partial charge in [0.15, 0.2) is 5.69 Å². The lowest BCUT2D eigenvalue weighted by molar-refractivity contribution is 0.871. The van der Waals surface area contributed by atoms with Crippen LogP contribution in [0.1, 0.15) is 19.4 Å². The smallest absolute Gasteiger partial charge is 0.189 e. The maximum atomic E-state index is 6.92. The molecule has 0 unspecified atom stereocenters. The average Bonchev–Trinajstić information content (AvgIpc) is 2.59. The molecule has 0 aliphatic carbocycles. The van der Waals surface area contributed by atoms with Crippen molar-refractivity contribution < 1.29 is 0 Å². The molecule has 1 aromatic carbocycles. The lowest BCUT2D eigenvalue weighted by Gasteiger charge is -2.01. The molecule has 2 nitrogen and oxygen atoms in total. The summed E-state index contributed by atoms with van der Waals surface area (Å²) in [6, 6.07) is 5.75. The van der Waals surface area contributed by atoms with Gasteiger partial charge in [-0.05, 0) is 17.5 Å². The van der Waals surface area contributed by atoms with Gasteiger partial charge in [0.1, 0.15) is 0 Å². The number of hydrogen-bond donors (Lipinski definition) is 0. The van der Waals surface area contributed by atoms with Crippen LogP contribution in [-0.4, -0.2) is 5.71 Å². The quantitative estimate of drug-likeness (QED) is 0.594. The zero-order valence-electron chi connectivity index (χ0n) is 8.41. The van der Waals surface area contributed by atoms with E-state index in [-0.39, 0.29) is 0 Å². The molecule has 1 aliphatic heterocycles. The first-order valence-electron chi connectivity index (χ1n) is 4.78. The summed E-state index contributed by atoms with van der Waals surface area (Å²) in [5.74, 6) is 0.499.